The van der Waals surface area contributed by atoms with Gasteiger partial charge in [0.2, 0.25) is 0 Å². The molecule has 0 radical (unpaired) electrons. The Morgan fingerprint density at radius 1 is 1.33 bits per heavy atom. The molecule has 2 unspecified atom stereocenters. The first-order valence-corrected chi connectivity index (χ1v) is 7.28. The van der Waals surface area contributed by atoms with E-state index in [1.807, 2.05) is 0 Å². The van der Waals surface area contributed by atoms with Crippen LogP contribution in [-0.2, 0) is 6.42 Å². The van der Waals surface area contributed by atoms with Gasteiger partial charge in [-0.05, 0) is 55.5 Å². The molecule has 0 spiro atoms. The molecule has 1 aromatic carbocycles. The van der Waals surface area contributed by atoms with Crippen molar-refractivity contribution < 1.29 is 0 Å². The fourth-order valence-electron chi connectivity index (χ4n) is 3.30. The lowest BCUT2D eigenvalue weighted by Gasteiger charge is -2.30. The minimum atomic E-state index is 0.652. The third-order valence-electron chi connectivity index (χ3n) is 4.54. The molecule has 2 aliphatic rings. The molecule has 1 aromatic rings. The fourth-order valence-corrected chi connectivity index (χ4v) is 3.55. The molecule has 1 fully saturated rings. The number of hydrogen-bond acceptors (Lipinski definition) is 1. The molecule has 3 rings (SSSR count). The first kappa shape index (κ1) is 12.3. The van der Waals surface area contributed by atoms with Gasteiger partial charge in [0.05, 0.1) is 0 Å². The maximum absolute atomic E-state index is 6.20. The maximum Gasteiger partial charge on any atom is 0.0438 e. The number of halogens is 1. The Morgan fingerprint density at radius 2 is 2.17 bits per heavy atom. The van der Waals surface area contributed by atoms with Crippen LogP contribution >= 0.6 is 11.6 Å². The van der Waals surface area contributed by atoms with E-state index in [0.29, 0.717) is 6.04 Å². The van der Waals surface area contributed by atoms with E-state index in [9.17, 15) is 0 Å². The van der Waals surface area contributed by atoms with Crippen LogP contribution < -0.4 is 0 Å². The summed E-state index contributed by atoms with van der Waals surface area (Å²) in [5.74, 6) is 0. The minimum Gasteiger partial charge on any atom is -0.297 e. The normalized spacial score (nSPS) is 27.4. The number of rotatable bonds is 2. The average Bonchev–Trinajstić information content (AvgIpc) is 2.62. The summed E-state index contributed by atoms with van der Waals surface area (Å²) >= 11 is 6.20. The second-order valence-electron chi connectivity index (χ2n) is 5.52. The summed E-state index contributed by atoms with van der Waals surface area (Å²) in [6.07, 6.45) is 7.32. The van der Waals surface area contributed by atoms with Gasteiger partial charge in [-0.25, -0.2) is 0 Å². The lowest BCUT2D eigenvalue weighted by atomic mass is 9.93. The van der Waals surface area contributed by atoms with Crippen molar-refractivity contribution in [1.82, 2.24) is 4.90 Å². The van der Waals surface area contributed by atoms with E-state index in [0.717, 1.165) is 17.5 Å². The smallest absolute Gasteiger partial charge is 0.0438 e. The van der Waals surface area contributed by atoms with Crippen LogP contribution in [0, 0.1) is 0 Å². The SMILES string of the molecule is CCc1cc(C2=CC3CCC(C2)N3C)ccc1Cl. The number of nitrogens with zero attached hydrogens (tertiary/aromatic N) is 1. The van der Waals surface area contributed by atoms with Crippen LogP contribution in [0.3, 0.4) is 0 Å². The predicted molar refractivity (Wildman–Crippen MR) is 78.0 cm³/mol. The quantitative estimate of drug-likeness (QED) is 0.773. The van der Waals surface area contributed by atoms with Crippen LogP contribution in [0.25, 0.3) is 5.57 Å². The van der Waals surface area contributed by atoms with Crippen molar-refractivity contribution in [1.29, 1.82) is 0 Å². The number of benzene rings is 1. The molecule has 1 nitrogen and oxygen atoms in total. The summed E-state index contributed by atoms with van der Waals surface area (Å²) in [5.41, 5.74) is 4.16. The van der Waals surface area contributed by atoms with Gasteiger partial charge in [0, 0.05) is 17.1 Å². The Hall–Kier alpha value is -0.790. The van der Waals surface area contributed by atoms with Crippen LogP contribution in [0.5, 0.6) is 0 Å². The molecule has 2 heteroatoms. The Labute approximate surface area is 114 Å². The topological polar surface area (TPSA) is 3.24 Å². The van der Waals surface area contributed by atoms with Crippen molar-refractivity contribution in [3.63, 3.8) is 0 Å². The maximum atomic E-state index is 6.20. The summed E-state index contributed by atoms with van der Waals surface area (Å²) < 4.78 is 0. The highest BCUT2D eigenvalue weighted by molar-refractivity contribution is 6.31. The van der Waals surface area contributed by atoms with Gasteiger partial charge in [-0.1, -0.05) is 36.7 Å². The molecule has 96 valence electrons. The summed E-state index contributed by atoms with van der Waals surface area (Å²) in [7, 11) is 2.26. The van der Waals surface area contributed by atoms with Crippen LogP contribution in [0.1, 0.15) is 37.3 Å². The first-order chi connectivity index (χ1) is 8.69. The van der Waals surface area contributed by atoms with Crippen LogP contribution in [-0.4, -0.2) is 24.0 Å². The molecule has 2 heterocycles. The number of likely N-dealkylation sites (N-methyl/N-ethyl adjacent to an activating group) is 1. The number of aryl methyl sites for hydroxylation is 1. The molecule has 0 aromatic heterocycles. The zero-order valence-corrected chi connectivity index (χ0v) is 11.9. The molecule has 0 amide bonds. The molecule has 2 atom stereocenters. The molecule has 2 bridgehead atoms. The van der Waals surface area contributed by atoms with Crippen molar-refractivity contribution in [2.75, 3.05) is 7.05 Å². The van der Waals surface area contributed by atoms with Crippen LogP contribution in [0.2, 0.25) is 5.02 Å². The molecular weight excluding hydrogens is 242 g/mol. The molecule has 0 N–H and O–H groups in total. The summed E-state index contributed by atoms with van der Waals surface area (Å²) in [4.78, 5) is 2.53. The molecular formula is C16H20ClN. The van der Waals surface area contributed by atoms with Gasteiger partial charge in [-0.3, -0.25) is 4.90 Å². The summed E-state index contributed by atoms with van der Waals surface area (Å²) in [5, 5.41) is 0.901. The zero-order valence-electron chi connectivity index (χ0n) is 11.1. The first-order valence-electron chi connectivity index (χ1n) is 6.90. The van der Waals surface area contributed by atoms with Gasteiger partial charge in [-0.15, -0.1) is 0 Å². The van der Waals surface area contributed by atoms with Crippen molar-refractivity contribution >= 4 is 17.2 Å². The Balaban J connectivity index is 1.94. The van der Waals surface area contributed by atoms with Crippen molar-refractivity contribution in [2.45, 2.75) is 44.7 Å². The molecule has 0 aliphatic carbocycles. The van der Waals surface area contributed by atoms with E-state index in [1.54, 1.807) is 0 Å². The largest absolute Gasteiger partial charge is 0.297 e. The molecule has 18 heavy (non-hydrogen) atoms. The molecule has 0 saturated carbocycles. The molecule has 2 aliphatic heterocycles. The van der Waals surface area contributed by atoms with E-state index in [2.05, 4.69) is 43.1 Å². The van der Waals surface area contributed by atoms with Crippen molar-refractivity contribution in [3.8, 4) is 0 Å². The van der Waals surface area contributed by atoms with Gasteiger partial charge < -0.3 is 0 Å². The second kappa shape index (κ2) is 4.71. The van der Waals surface area contributed by atoms with Gasteiger partial charge in [0.1, 0.15) is 0 Å². The van der Waals surface area contributed by atoms with Gasteiger partial charge >= 0.3 is 0 Å². The van der Waals surface area contributed by atoms with E-state index in [4.69, 9.17) is 11.6 Å². The lowest BCUT2D eigenvalue weighted by molar-refractivity contribution is 0.264. The van der Waals surface area contributed by atoms with E-state index in [-0.39, 0.29) is 0 Å². The highest BCUT2D eigenvalue weighted by atomic mass is 35.5. The highest BCUT2D eigenvalue weighted by Crippen LogP contribution is 2.38. The second-order valence-corrected chi connectivity index (χ2v) is 5.93. The van der Waals surface area contributed by atoms with E-state index < -0.39 is 0 Å². The summed E-state index contributed by atoms with van der Waals surface area (Å²) in [6.45, 7) is 2.16. The Morgan fingerprint density at radius 3 is 2.89 bits per heavy atom. The number of fused-ring (bicyclic) bond motifs is 2. The van der Waals surface area contributed by atoms with Crippen molar-refractivity contribution in [3.05, 3.63) is 40.4 Å². The zero-order chi connectivity index (χ0) is 12.7. The van der Waals surface area contributed by atoms with Gasteiger partial charge in [0.15, 0.2) is 0 Å². The van der Waals surface area contributed by atoms with E-state index >= 15 is 0 Å². The third-order valence-corrected chi connectivity index (χ3v) is 4.91. The monoisotopic (exact) mass is 261 g/mol. The fraction of sp³-hybridized carbons (Fsp3) is 0.500. The third kappa shape index (κ3) is 2.00. The minimum absolute atomic E-state index is 0.652. The van der Waals surface area contributed by atoms with Crippen LogP contribution in [0.15, 0.2) is 24.3 Å². The average molecular weight is 262 g/mol. The Kier molecular flexibility index (Phi) is 3.21. The highest BCUT2D eigenvalue weighted by Gasteiger charge is 2.33. The lowest BCUT2D eigenvalue weighted by Crippen LogP contribution is -2.34. The van der Waals surface area contributed by atoms with Gasteiger partial charge in [0.25, 0.3) is 0 Å². The van der Waals surface area contributed by atoms with Crippen molar-refractivity contribution in [2.24, 2.45) is 0 Å². The summed E-state index contributed by atoms with van der Waals surface area (Å²) in [6, 6.07) is 7.91. The van der Waals surface area contributed by atoms with Gasteiger partial charge in [-0.2, -0.15) is 0 Å². The predicted octanol–water partition coefficient (Wildman–Crippen LogP) is 4.15. The molecule has 1 saturated heterocycles. The van der Waals surface area contributed by atoms with Crippen LogP contribution in [0.4, 0.5) is 0 Å². The van der Waals surface area contributed by atoms with E-state index in [1.165, 1.54) is 36.0 Å². The number of hydrogen-bond donors (Lipinski definition) is 0. The Bertz CT molecular complexity index is 492. The standard InChI is InChI=1S/C16H20ClN/c1-3-11-8-12(4-7-16(11)17)13-9-14-5-6-15(10-13)18(14)2/h4,7-9,14-15H,3,5-6,10H2,1-2H3.